The number of thiophene rings is 1. The molecule has 0 bridgehead atoms. The van der Waals surface area contributed by atoms with Crippen LogP contribution in [0.1, 0.15) is 62.4 Å². The smallest absolute Gasteiger partial charge is 0.332 e. The fraction of sp³-hybridized carbons (Fsp3) is 0.727. The van der Waals surface area contributed by atoms with E-state index in [1.54, 1.807) is 15.9 Å². The Morgan fingerprint density at radius 1 is 1.14 bits per heavy atom. The standard InChI is InChI=1S/C22H34N4O2S/c1-4-24(5-2)13-14-25-21-19(17-11-12-23(3)15-18(17)29-21)20(27)26(22(25)28)16-9-7-6-8-10-16/h16H,4-15H2,1-3H3/p+2. The van der Waals surface area contributed by atoms with E-state index in [0.717, 1.165) is 75.0 Å². The van der Waals surface area contributed by atoms with E-state index in [-0.39, 0.29) is 17.3 Å². The van der Waals surface area contributed by atoms with Crippen molar-refractivity contribution in [3.8, 4) is 0 Å². The minimum absolute atomic E-state index is 0.0135. The maximum absolute atomic E-state index is 13.6. The molecule has 1 atom stereocenters. The van der Waals surface area contributed by atoms with Gasteiger partial charge < -0.3 is 9.80 Å². The van der Waals surface area contributed by atoms with Gasteiger partial charge in [-0.25, -0.2) is 4.79 Å². The summed E-state index contributed by atoms with van der Waals surface area (Å²) in [7, 11) is 2.21. The number of fused-ring (bicyclic) bond motifs is 3. The lowest BCUT2D eigenvalue weighted by Gasteiger charge is -2.25. The first-order valence-electron chi connectivity index (χ1n) is 11.5. The molecule has 160 valence electrons. The Kier molecular flexibility index (Phi) is 6.27. The van der Waals surface area contributed by atoms with Crippen molar-refractivity contribution in [2.75, 3.05) is 33.2 Å². The van der Waals surface area contributed by atoms with Crippen LogP contribution in [-0.4, -0.2) is 42.4 Å². The fourth-order valence-corrected chi connectivity index (χ4v) is 6.64. The molecule has 29 heavy (non-hydrogen) atoms. The molecule has 1 fully saturated rings. The van der Waals surface area contributed by atoms with Crippen LogP contribution in [0.5, 0.6) is 0 Å². The van der Waals surface area contributed by atoms with Crippen LogP contribution in [0.4, 0.5) is 0 Å². The summed E-state index contributed by atoms with van der Waals surface area (Å²) >= 11 is 1.70. The van der Waals surface area contributed by atoms with Gasteiger partial charge in [-0.15, -0.1) is 11.3 Å². The normalized spacial score (nSPS) is 20.5. The lowest BCUT2D eigenvalue weighted by molar-refractivity contribution is -0.897. The summed E-state index contributed by atoms with van der Waals surface area (Å²) in [6.45, 7) is 10.2. The van der Waals surface area contributed by atoms with Crippen LogP contribution in [0.25, 0.3) is 10.2 Å². The van der Waals surface area contributed by atoms with Gasteiger partial charge in [0.1, 0.15) is 11.4 Å². The molecule has 1 aliphatic heterocycles. The molecule has 6 nitrogen and oxygen atoms in total. The third kappa shape index (κ3) is 3.84. The van der Waals surface area contributed by atoms with E-state index in [9.17, 15) is 9.59 Å². The third-order valence-corrected chi connectivity index (χ3v) is 8.33. The van der Waals surface area contributed by atoms with Gasteiger partial charge in [0.25, 0.3) is 5.56 Å². The molecule has 0 amide bonds. The zero-order valence-corrected chi connectivity index (χ0v) is 19.0. The molecule has 1 unspecified atom stereocenters. The minimum Gasteiger partial charge on any atom is -0.334 e. The molecular weight excluding hydrogens is 384 g/mol. The van der Waals surface area contributed by atoms with Crippen molar-refractivity contribution < 1.29 is 9.80 Å². The molecule has 3 heterocycles. The van der Waals surface area contributed by atoms with E-state index >= 15 is 0 Å². The van der Waals surface area contributed by atoms with E-state index in [2.05, 4.69) is 20.9 Å². The molecule has 7 heteroatoms. The zero-order valence-electron chi connectivity index (χ0n) is 18.2. The largest absolute Gasteiger partial charge is 0.334 e. The lowest BCUT2D eigenvalue weighted by atomic mass is 9.95. The second kappa shape index (κ2) is 8.74. The van der Waals surface area contributed by atoms with Crippen LogP contribution in [0, 0.1) is 0 Å². The Morgan fingerprint density at radius 2 is 1.86 bits per heavy atom. The summed E-state index contributed by atoms with van der Waals surface area (Å²) in [6.07, 6.45) is 6.32. The molecule has 2 aliphatic rings. The Balaban J connectivity index is 1.88. The number of hydrogen-bond acceptors (Lipinski definition) is 3. The van der Waals surface area contributed by atoms with Gasteiger partial charge in [-0.2, -0.15) is 0 Å². The summed E-state index contributed by atoms with van der Waals surface area (Å²) in [5.41, 5.74) is 1.15. The first-order valence-corrected chi connectivity index (χ1v) is 12.3. The molecule has 1 aliphatic carbocycles. The third-order valence-electron chi connectivity index (χ3n) is 7.08. The van der Waals surface area contributed by atoms with Crippen molar-refractivity contribution in [2.24, 2.45) is 0 Å². The zero-order chi connectivity index (χ0) is 20.5. The SMILES string of the molecule is CC[NH+](CC)CCn1c(=O)n(C2CCCCC2)c(=O)c2c3c(sc21)C[NH+](C)CC3. The second-order valence-corrected chi connectivity index (χ2v) is 10.0. The summed E-state index contributed by atoms with van der Waals surface area (Å²) in [6, 6.07) is 0.0765. The molecule has 4 rings (SSSR count). The number of likely N-dealkylation sites (N-methyl/N-ethyl adjacent to an activating group) is 2. The molecule has 1 saturated carbocycles. The average molecular weight is 421 g/mol. The predicted octanol–water partition coefficient (Wildman–Crippen LogP) is 0.225. The van der Waals surface area contributed by atoms with Crippen LogP contribution < -0.4 is 21.0 Å². The average Bonchev–Trinajstić information content (AvgIpc) is 3.10. The number of nitrogens with one attached hydrogen (secondary N) is 2. The minimum atomic E-state index is -0.0692. The summed E-state index contributed by atoms with van der Waals surface area (Å²) in [4.78, 5) is 32.4. The molecule has 0 aromatic carbocycles. The predicted molar refractivity (Wildman–Crippen MR) is 119 cm³/mol. The van der Waals surface area contributed by atoms with Gasteiger partial charge in [-0.05, 0) is 32.3 Å². The summed E-state index contributed by atoms with van der Waals surface area (Å²) < 4.78 is 3.60. The molecule has 0 spiro atoms. The molecular formula is C22H36N4O2S+2. The number of nitrogens with zero attached hydrogens (tertiary/aromatic N) is 2. The van der Waals surface area contributed by atoms with Crippen LogP contribution in [-0.2, 0) is 19.5 Å². The summed E-state index contributed by atoms with van der Waals surface area (Å²) in [5.74, 6) is 0. The van der Waals surface area contributed by atoms with Crippen LogP contribution >= 0.6 is 11.3 Å². The topological polar surface area (TPSA) is 52.9 Å². The first-order chi connectivity index (χ1) is 14.0. The van der Waals surface area contributed by atoms with Gasteiger partial charge >= 0.3 is 5.69 Å². The highest BCUT2D eigenvalue weighted by Gasteiger charge is 2.29. The first kappa shape index (κ1) is 20.8. The molecule has 2 N–H and O–H groups in total. The Hall–Kier alpha value is -1.44. The Morgan fingerprint density at radius 3 is 2.55 bits per heavy atom. The van der Waals surface area contributed by atoms with E-state index in [1.165, 1.54) is 26.7 Å². The second-order valence-electron chi connectivity index (χ2n) is 8.93. The van der Waals surface area contributed by atoms with Crippen LogP contribution in [0.3, 0.4) is 0 Å². The van der Waals surface area contributed by atoms with Crippen LogP contribution in [0.2, 0.25) is 0 Å². The van der Waals surface area contributed by atoms with Crippen molar-refractivity contribution in [1.82, 2.24) is 9.13 Å². The Bertz CT molecular complexity index is 979. The highest BCUT2D eigenvalue weighted by molar-refractivity contribution is 7.18. The highest BCUT2D eigenvalue weighted by atomic mass is 32.1. The number of rotatable bonds is 6. The van der Waals surface area contributed by atoms with Crippen molar-refractivity contribution >= 4 is 21.6 Å². The van der Waals surface area contributed by atoms with E-state index in [1.807, 2.05) is 4.57 Å². The van der Waals surface area contributed by atoms with Crippen molar-refractivity contribution in [2.45, 2.75) is 71.5 Å². The van der Waals surface area contributed by atoms with Gasteiger partial charge in [-0.3, -0.25) is 13.9 Å². The highest BCUT2D eigenvalue weighted by Crippen LogP contribution is 2.31. The summed E-state index contributed by atoms with van der Waals surface area (Å²) in [5, 5.41) is 0.859. The number of hydrogen-bond donors (Lipinski definition) is 2. The fourth-order valence-electron chi connectivity index (χ4n) is 5.17. The van der Waals surface area contributed by atoms with Crippen molar-refractivity contribution in [3.05, 3.63) is 31.3 Å². The lowest BCUT2D eigenvalue weighted by Crippen LogP contribution is -3.11. The maximum atomic E-state index is 13.6. The number of aromatic nitrogens is 2. The van der Waals surface area contributed by atoms with E-state index in [0.29, 0.717) is 6.54 Å². The molecule has 0 radical (unpaired) electrons. The van der Waals surface area contributed by atoms with Crippen LogP contribution in [0.15, 0.2) is 9.59 Å². The van der Waals surface area contributed by atoms with E-state index < -0.39 is 0 Å². The van der Waals surface area contributed by atoms with Crippen molar-refractivity contribution in [1.29, 1.82) is 0 Å². The molecule has 2 aromatic rings. The number of quaternary nitrogens is 2. The van der Waals surface area contributed by atoms with E-state index in [4.69, 9.17) is 0 Å². The van der Waals surface area contributed by atoms with Crippen molar-refractivity contribution in [3.63, 3.8) is 0 Å². The van der Waals surface area contributed by atoms with Gasteiger partial charge in [0.05, 0.1) is 50.0 Å². The van der Waals surface area contributed by atoms with Gasteiger partial charge in [0.15, 0.2) is 0 Å². The molecule has 0 saturated heterocycles. The monoisotopic (exact) mass is 420 g/mol. The van der Waals surface area contributed by atoms with Gasteiger partial charge in [0, 0.05) is 12.5 Å². The van der Waals surface area contributed by atoms with Gasteiger partial charge in [-0.1, -0.05) is 19.3 Å². The van der Waals surface area contributed by atoms with Gasteiger partial charge in [0.2, 0.25) is 0 Å². The molecule has 2 aromatic heterocycles. The quantitative estimate of drug-likeness (QED) is 0.703. The Labute approximate surface area is 176 Å². The maximum Gasteiger partial charge on any atom is 0.332 e.